The van der Waals surface area contributed by atoms with E-state index in [1.807, 2.05) is 6.26 Å². The Hall–Kier alpha value is -2.10. The third-order valence-electron chi connectivity index (χ3n) is 4.26. The van der Waals surface area contributed by atoms with Crippen LogP contribution in [0, 0.1) is 18.3 Å². The highest BCUT2D eigenvalue weighted by Gasteiger charge is 2.22. The van der Waals surface area contributed by atoms with Gasteiger partial charge in [-0.2, -0.15) is 5.26 Å². The molecule has 2 aromatic rings. The van der Waals surface area contributed by atoms with Gasteiger partial charge in [-0.15, -0.1) is 11.8 Å². The topological polar surface area (TPSA) is 56.1 Å². The van der Waals surface area contributed by atoms with Crippen LogP contribution in [0.4, 0.5) is 5.82 Å². The fourth-order valence-corrected chi connectivity index (χ4v) is 3.53. The van der Waals surface area contributed by atoms with E-state index in [4.69, 9.17) is 0 Å². The molecule has 124 valence electrons. The number of aromatic nitrogens is 2. The zero-order chi connectivity index (χ0) is 16.9. The molecule has 0 radical (unpaired) electrons. The van der Waals surface area contributed by atoms with E-state index in [0.717, 1.165) is 43.6 Å². The molecule has 3 rings (SSSR count). The number of piperazine rings is 1. The minimum atomic E-state index is 0.595. The second-order valence-electron chi connectivity index (χ2n) is 5.95. The monoisotopic (exact) mass is 339 g/mol. The summed E-state index contributed by atoms with van der Waals surface area (Å²) in [6.45, 7) is 6.80. The second-order valence-corrected chi connectivity index (χ2v) is 6.74. The summed E-state index contributed by atoms with van der Waals surface area (Å²) in [5.41, 5.74) is 3.25. The van der Waals surface area contributed by atoms with Crippen molar-refractivity contribution in [2.75, 3.05) is 37.3 Å². The normalized spacial score (nSPS) is 15.3. The van der Waals surface area contributed by atoms with Crippen molar-refractivity contribution in [1.29, 1.82) is 5.26 Å². The minimum Gasteiger partial charge on any atom is -0.353 e. The van der Waals surface area contributed by atoms with Gasteiger partial charge in [0.15, 0.2) is 5.82 Å². The van der Waals surface area contributed by atoms with E-state index in [9.17, 15) is 5.26 Å². The molecule has 1 aromatic carbocycles. The molecule has 0 atom stereocenters. The molecule has 1 aliphatic rings. The van der Waals surface area contributed by atoms with E-state index >= 15 is 0 Å². The van der Waals surface area contributed by atoms with Gasteiger partial charge in [0.1, 0.15) is 23.0 Å². The lowest BCUT2D eigenvalue weighted by Gasteiger charge is -2.35. The van der Waals surface area contributed by atoms with Crippen LogP contribution < -0.4 is 4.90 Å². The van der Waals surface area contributed by atoms with E-state index < -0.39 is 0 Å². The highest BCUT2D eigenvalue weighted by Crippen LogP contribution is 2.25. The van der Waals surface area contributed by atoms with Crippen molar-refractivity contribution in [3.63, 3.8) is 0 Å². The zero-order valence-electron chi connectivity index (χ0n) is 14.1. The summed E-state index contributed by atoms with van der Waals surface area (Å²) in [5.74, 6) is 0.770. The first kappa shape index (κ1) is 16.7. The van der Waals surface area contributed by atoms with E-state index in [1.165, 1.54) is 22.9 Å². The van der Waals surface area contributed by atoms with Crippen LogP contribution in [0.2, 0.25) is 0 Å². The average molecular weight is 339 g/mol. The Morgan fingerprint density at radius 1 is 1.21 bits per heavy atom. The van der Waals surface area contributed by atoms with E-state index in [2.05, 4.69) is 57.0 Å². The maximum Gasteiger partial charge on any atom is 0.151 e. The Balaban J connectivity index is 1.66. The summed E-state index contributed by atoms with van der Waals surface area (Å²) in [5, 5.41) is 10.2. The standard InChI is InChI=1S/C18H21N5S/c1-14-4-3-5-15(10-14)12-22-6-8-23(9-7-22)17-16(11-19)18(24-2)21-13-20-17/h3-5,10,13H,6-9,12H2,1-2H3. The summed E-state index contributed by atoms with van der Waals surface area (Å²) >= 11 is 1.49. The molecule has 0 unspecified atom stereocenters. The molecule has 0 spiro atoms. The number of rotatable bonds is 4. The van der Waals surface area contributed by atoms with Crippen molar-refractivity contribution < 1.29 is 0 Å². The van der Waals surface area contributed by atoms with Crippen LogP contribution in [-0.2, 0) is 6.54 Å². The number of nitrogens with zero attached hydrogens (tertiary/aromatic N) is 5. The van der Waals surface area contributed by atoms with Crippen LogP contribution >= 0.6 is 11.8 Å². The van der Waals surface area contributed by atoms with Gasteiger partial charge in [0, 0.05) is 32.7 Å². The van der Waals surface area contributed by atoms with Crippen LogP contribution in [0.3, 0.4) is 0 Å². The molecule has 0 saturated carbocycles. The predicted octanol–water partition coefficient (Wildman–Crippen LogP) is 2.70. The Morgan fingerprint density at radius 2 is 2.00 bits per heavy atom. The van der Waals surface area contributed by atoms with Crippen molar-refractivity contribution in [3.8, 4) is 6.07 Å². The number of nitriles is 1. The SMILES string of the molecule is CSc1ncnc(N2CCN(Cc3cccc(C)c3)CC2)c1C#N. The lowest BCUT2D eigenvalue weighted by atomic mass is 10.1. The number of thioether (sulfide) groups is 1. The predicted molar refractivity (Wildman–Crippen MR) is 97.2 cm³/mol. The van der Waals surface area contributed by atoms with Gasteiger partial charge >= 0.3 is 0 Å². The van der Waals surface area contributed by atoms with Gasteiger partial charge in [0.05, 0.1) is 0 Å². The maximum absolute atomic E-state index is 9.45. The molecule has 2 heterocycles. The molecule has 1 saturated heterocycles. The van der Waals surface area contributed by atoms with Gasteiger partial charge in [-0.25, -0.2) is 9.97 Å². The number of hydrogen-bond acceptors (Lipinski definition) is 6. The Kier molecular flexibility index (Phi) is 5.34. The molecule has 1 aliphatic heterocycles. The first-order valence-corrected chi connectivity index (χ1v) is 9.25. The molecule has 1 fully saturated rings. The molecule has 0 N–H and O–H groups in total. The Labute approximate surface area is 147 Å². The molecule has 0 aliphatic carbocycles. The van der Waals surface area contributed by atoms with Gasteiger partial charge in [0.25, 0.3) is 0 Å². The molecule has 0 amide bonds. The smallest absolute Gasteiger partial charge is 0.151 e. The number of anilines is 1. The summed E-state index contributed by atoms with van der Waals surface area (Å²) in [4.78, 5) is 13.2. The Morgan fingerprint density at radius 3 is 2.67 bits per heavy atom. The number of aryl methyl sites for hydroxylation is 1. The second kappa shape index (κ2) is 7.65. The maximum atomic E-state index is 9.45. The van der Waals surface area contributed by atoms with Gasteiger partial charge in [-0.3, -0.25) is 4.90 Å². The summed E-state index contributed by atoms with van der Waals surface area (Å²) in [6.07, 6.45) is 3.49. The van der Waals surface area contributed by atoms with Crippen LogP contribution in [0.5, 0.6) is 0 Å². The molecule has 24 heavy (non-hydrogen) atoms. The third kappa shape index (κ3) is 3.69. The van der Waals surface area contributed by atoms with E-state index in [-0.39, 0.29) is 0 Å². The number of hydrogen-bond donors (Lipinski definition) is 0. The van der Waals surface area contributed by atoms with Crippen molar-refractivity contribution >= 4 is 17.6 Å². The van der Waals surface area contributed by atoms with Gasteiger partial charge in [-0.1, -0.05) is 29.8 Å². The van der Waals surface area contributed by atoms with Crippen molar-refractivity contribution in [2.45, 2.75) is 18.5 Å². The molecule has 6 heteroatoms. The fourth-order valence-electron chi connectivity index (χ4n) is 3.04. The summed E-state index contributed by atoms with van der Waals surface area (Å²) in [6, 6.07) is 10.9. The quantitative estimate of drug-likeness (QED) is 0.630. The first-order valence-electron chi connectivity index (χ1n) is 8.03. The summed E-state index contributed by atoms with van der Waals surface area (Å²) < 4.78 is 0. The molecular weight excluding hydrogens is 318 g/mol. The minimum absolute atomic E-state index is 0.595. The number of benzene rings is 1. The van der Waals surface area contributed by atoms with Crippen molar-refractivity contribution in [1.82, 2.24) is 14.9 Å². The molecule has 0 bridgehead atoms. The van der Waals surface area contributed by atoms with Crippen LogP contribution in [0.1, 0.15) is 16.7 Å². The highest BCUT2D eigenvalue weighted by molar-refractivity contribution is 7.98. The highest BCUT2D eigenvalue weighted by atomic mass is 32.2. The average Bonchev–Trinajstić information content (AvgIpc) is 2.61. The zero-order valence-corrected chi connectivity index (χ0v) is 14.9. The lowest BCUT2D eigenvalue weighted by Crippen LogP contribution is -2.46. The van der Waals surface area contributed by atoms with Crippen LogP contribution in [0.15, 0.2) is 35.6 Å². The van der Waals surface area contributed by atoms with Crippen LogP contribution in [0.25, 0.3) is 0 Å². The fraction of sp³-hybridized carbons (Fsp3) is 0.389. The lowest BCUT2D eigenvalue weighted by molar-refractivity contribution is 0.249. The third-order valence-corrected chi connectivity index (χ3v) is 4.95. The van der Waals surface area contributed by atoms with Crippen LogP contribution in [-0.4, -0.2) is 47.3 Å². The molecular formula is C18H21N5S. The van der Waals surface area contributed by atoms with E-state index in [0.29, 0.717) is 5.56 Å². The van der Waals surface area contributed by atoms with Crippen molar-refractivity contribution in [3.05, 3.63) is 47.3 Å². The van der Waals surface area contributed by atoms with Gasteiger partial charge in [-0.05, 0) is 18.7 Å². The molecule has 5 nitrogen and oxygen atoms in total. The summed E-state index contributed by atoms with van der Waals surface area (Å²) in [7, 11) is 0. The molecule has 1 aromatic heterocycles. The first-order chi connectivity index (χ1) is 11.7. The van der Waals surface area contributed by atoms with E-state index in [1.54, 1.807) is 6.33 Å². The Bertz CT molecular complexity index is 747. The van der Waals surface area contributed by atoms with Crippen molar-refractivity contribution in [2.24, 2.45) is 0 Å². The largest absolute Gasteiger partial charge is 0.353 e. The van der Waals surface area contributed by atoms with Gasteiger partial charge < -0.3 is 4.90 Å². The van der Waals surface area contributed by atoms with Gasteiger partial charge in [0.2, 0.25) is 0 Å².